The lowest BCUT2D eigenvalue weighted by atomic mass is 10.2. The first-order chi connectivity index (χ1) is 16.0. The van der Waals surface area contributed by atoms with Crippen molar-refractivity contribution < 1.29 is 9.21 Å². The molecule has 0 aliphatic heterocycles. The Bertz CT molecular complexity index is 1260. The number of nitrogens with zero attached hydrogens (tertiary/aromatic N) is 1. The molecule has 33 heavy (non-hydrogen) atoms. The molecule has 4 rings (SSSR count). The SMILES string of the molecule is O=C(C=Cc1ccc(-c2cccc(Cl)c2Cl)o1)NC(=S)N(c1ccccc1)c1ccccc1. The molecule has 3 aromatic carbocycles. The van der Waals surface area contributed by atoms with Crippen LogP contribution in [-0.4, -0.2) is 11.0 Å². The number of anilines is 2. The maximum atomic E-state index is 12.6. The Balaban J connectivity index is 1.48. The van der Waals surface area contributed by atoms with Crippen molar-refractivity contribution in [3.8, 4) is 11.3 Å². The Labute approximate surface area is 207 Å². The molecule has 0 atom stereocenters. The van der Waals surface area contributed by atoms with Gasteiger partial charge in [0.1, 0.15) is 11.5 Å². The second kappa shape index (κ2) is 10.5. The van der Waals surface area contributed by atoms with Gasteiger partial charge in [0.25, 0.3) is 0 Å². The van der Waals surface area contributed by atoms with Gasteiger partial charge in [-0.2, -0.15) is 0 Å². The highest BCUT2D eigenvalue weighted by Crippen LogP contribution is 2.34. The zero-order valence-electron chi connectivity index (χ0n) is 17.2. The topological polar surface area (TPSA) is 45.5 Å². The maximum absolute atomic E-state index is 12.6. The van der Waals surface area contributed by atoms with Crippen molar-refractivity contribution in [2.75, 3.05) is 4.90 Å². The van der Waals surface area contributed by atoms with E-state index in [0.29, 0.717) is 27.1 Å². The molecule has 1 heterocycles. The number of hydrogen-bond acceptors (Lipinski definition) is 3. The third-order valence-corrected chi connectivity index (χ3v) is 5.81. The van der Waals surface area contributed by atoms with E-state index in [1.165, 1.54) is 6.08 Å². The average Bonchev–Trinajstić information content (AvgIpc) is 3.30. The van der Waals surface area contributed by atoms with Crippen molar-refractivity contribution in [1.29, 1.82) is 0 Å². The van der Waals surface area contributed by atoms with Gasteiger partial charge in [-0.15, -0.1) is 0 Å². The second-order valence-electron chi connectivity index (χ2n) is 6.94. The number of thiocarbonyl (C=S) groups is 1. The highest BCUT2D eigenvalue weighted by atomic mass is 35.5. The Morgan fingerprint density at radius 3 is 2.12 bits per heavy atom. The molecule has 4 nitrogen and oxygen atoms in total. The molecule has 1 amide bonds. The van der Waals surface area contributed by atoms with Crippen LogP contribution < -0.4 is 10.2 Å². The summed E-state index contributed by atoms with van der Waals surface area (Å²) < 4.78 is 5.79. The number of para-hydroxylation sites is 2. The van der Waals surface area contributed by atoms with Gasteiger partial charge in [-0.3, -0.25) is 15.0 Å². The van der Waals surface area contributed by atoms with Crippen LogP contribution in [0.5, 0.6) is 0 Å². The Morgan fingerprint density at radius 2 is 1.48 bits per heavy atom. The molecule has 164 valence electrons. The lowest BCUT2D eigenvalue weighted by molar-refractivity contribution is -0.115. The molecule has 1 N–H and O–H groups in total. The van der Waals surface area contributed by atoms with E-state index in [-0.39, 0.29) is 11.0 Å². The molecule has 4 aromatic rings. The summed E-state index contributed by atoms with van der Waals surface area (Å²) in [5, 5.41) is 3.86. The van der Waals surface area contributed by atoms with Gasteiger partial charge in [0.2, 0.25) is 5.91 Å². The molecular formula is C26H18Cl2N2O2S. The molecule has 0 aliphatic rings. The summed E-state index contributed by atoms with van der Waals surface area (Å²) in [6, 6.07) is 28.0. The van der Waals surface area contributed by atoms with Gasteiger partial charge in [-0.1, -0.05) is 65.7 Å². The Kier molecular flexibility index (Phi) is 7.25. The smallest absolute Gasteiger partial charge is 0.250 e. The number of benzene rings is 3. The summed E-state index contributed by atoms with van der Waals surface area (Å²) in [4.78, 5) is 14.4. The lowest BCUT2D eigenvalue weighted by Crippen LogP contribution is -2.39. The first-order valence-electron chi connectivity index (χ1n) is 10.0. The van der Waals surface area contributed by atoms with E-state index in [9.17, 15) is 4.79 Å². The number of hydrogen-bond donors (Lipinski definition) is 1. The first-order valence-corrected chi connectivity index (χ1v) is 11.2. The fourth-order valence-corrected chi connectivity index (χ4v) is 3.88. The van der Waals surface area contributed by atoms with Crippen LogP contribution >= 0.6 is 35.4 Å². The van der Waals surface area contributed by atoms with Crippen molar-refractivity contribution in [3.05, 3.63) is 113 Å². The van der Waals surface area contributed by atoms with Crippen molar-refractivity contribution in [3.63, 3.8) is 0 Å². The second-order valence-corrected chi connectivity index (χ2v) is 8.11. The number of carbonyl (C=O) groups excluding carboxylic acids is 1. The van der Waals surface area contributed by atoms with E-state index in [1.54, 1.807) is 35.2 Å². The van der Waals surface area contributed by atoms with Gasteiger partial charge in [0, 0.05) is 23.0 Å². The lowest BCUT2D eigenvalue weighted by Gasteiger charge is -2.25. The van der Waals surface area contributed by atoms with Crippen molar-refractivity contribution >= 4 is 63.9 Å². The number of amides is 1. The van der Waals surface area contributed by atoms with Crippen LogP contribution in [-0.2, 0) is 4.79 Å². The predicted molar refractivity (Wildman–Crippen MR) is 139 cm³/mol. The minimum Gasteiger partial charge on any atom is -0.457 e. The normalized spacial score (nSPS) is 10.8. The summed E-state index contributed by atoms with van der Waals surface area (Å²) in [5.74, 6) is 0.665. The molecule has 0 saturated carbocycles. The van der Waals surface area contributed by atoms with Crippen LogP contribution in [0.3, 0.4) is 0 Å². The minimum atomic E-state index is -0.379. The molecular weight excluding hydrogens is 475 g/mol. The molecule has 0 unspecified atom stereocenters. The van der Waals surface area contributed by atoms with Crippen molar-refractivity contribution in [2.24, 2.45) is 0 Å². The van der Waals surface area contributed by atoms with E-state index in [4.69, 9.17) is 39.8 Å². The van der Waals surface area contributed by atoms with Crippen LogP contribution in [0, 0.1) is 0 Å². The van der Waals surface area contributed by atoms with Crippen molar-refractivity contribution in [1.82, 2.24) is 5.32 Å². The summed E-state index contributed by atoms with van der Waals surface area (Å²) in [6.45, 7) is 0. The third-order valence-electron chi connectivity index (χ3n) is 4.70. The molecule has 7 heteroatoms. The van der Waals surface area contributed by atoms with Crippen LogP contribution in [0.15, 0.2) is 101 Å². The van der Waals surface area contributed by atoms with Crippen molar-refractivity contribution in [2.45, 2.75) is 0 Å². The maximum Gasteiger partial charge on any atom is 0.250 e. The van der Waals surface area contributed by atoms with Gasteiger partial charge in [-0.25, -0.2) is 0 Å². The summed E-state index contributed by atoms with van der Waals surface area (Å²) in [5.41, 5.74) is 2.36. The van der Waals surface area contributed by atoms with Gasteiger partial charge in [-0.05, 0) is 66.8 Å². The molecule has 0 spiro atoms. The summed E-state index contributed by atoms with van der Waals surface area (Å²) in [7, 11) is 0. The van der Waals surface area contributed by atoms with Gasteiger partial charge >= 0.3 is 0 Å². The molecule has 0 saturated heterocycles. The first kappa shape index (κ1) is 22.8. The third kappa shape index (κ3) is 5.52. The zero-order chi connectivity index (χ0) is 23.2. The number of nitrogens with one attached hydrogen (secondary N) is 1. The summed E-state index contributed by atoms with van der Waals surface area (Å²) >= 11 is 17.9. The largest absolute Gasteiger partial charge is 0.457 e. The number of halogens is 2. The highest BCUT2D eigenvalue weighted by Gasteiger charge is 2.16. The standard InChI is InChI=1S/C26H18Cl2N2O2S/c27-22-13-7-12-21(25(22)28)23-16-14-20(32-23)15-17-24(31)29-26(33)30(18-8-3-1-4-9-18)19-10-5-2-6-11-19/h1-17H,(H,29,31,33). The Morgan fingerprint density at radius 1 is 0.848 bits per heavy atom. The van der Waals surface area contributed by atoms with E-state index in [1.807, 2.05) is 66.7 Å². The predicted octanol–water partition coefficient (Wildman–Crippen LogP) is 7.51. The monoisotopic (exact) mass is 492 g/mol. The number of carbonyl (C=O) groups is 1. The average molecular weight is 493 g/mol. The minimum absolute atomic E-state index is 0.257. The van der Waals surface area contributed by atoms with E-state index >= 15 is 0 Å². The molecule has 1 aromatic heterocycles. The van der Waals surface area contributed by atoms with Crippen LogP contribution in [0.25, 0.3) is 17.4 Å². The Hall–Kier alpha value is -3.38. The fourth-order valence-electron chi connectivity index (χ4n) is 3.18. The number of furan rings is 1. The van der Waals surface area contributed by atoms with Gasteiger partial charge in [0.15, 0.2) is 5.11 Å². The molecule has 0 radical (unpaired) electrons. The fraction of sp³-hybridized carbons (Fsp3) is 0. The van der Waals surface area contributed by atoms with Gasteiger partial charge in [0.05, 0.1) is 10.0 Å². The summed E-state index contributed by atoms with van der Waals surface area (Å²) in [6.07, 6.45) is 2.93. The molecule has 0 aliphatic carbocycles. The van der Waals surface area contributed by atoms with Crippen LogP contribution in [0.4, 0.5) is 11.4 Å². The highest BCUT2D eigenvalue weighted by molar-refractivity contribution is 7.80. The van der Waals surface area contributed by atoms with Crippen LogP contribution in [0.1, 0.15) is 5.76 Å². The van der Waals surface area contributed by atoms with E-state index in [0.717, 1.165) is 11.4 Å². The van der Waals surface area contributed by atoms with Crippen LogP contribution in [0.2, 0.25) is 10.0 Å². The van der Waals surface area contributed by atoms with Gasteiger partial charge < -0.3 is 4.42 Å². The van der Waals surface area contributed by atoms with E-state index < -0.39 is 0 Å². The number of rotatable bonds is 5. The molecule has 0 bridgehead atoms. The molecule has 0 fully saturated rings. The van der Waals surface area contributed by atoms with E-state index in [2.05, 4.69) is 5.32 Å². The quantitative estimate of drug-likeness (QED) is 0.231. The zero-order valence-corrected chi connectivity index (χ0v) is 19.6.